The molecule has 0 saturated heterocycles. The molecule has 2 aromatic rings. The van der Waals surface area contributed by atoms with Crippen molar-refractivity contribution in [2.45, 2.75) is 39.2 Å². The van der Waals surface area contributed by atoms with E-state index in [-0.39, 0.29) is 0 Å². The highest BCUT2D eigenvalue weighted by Gasteiger charge is 2.28. The smallest absolute Gasteiger partial charge is 0.136 e. The van der Waals surface area contributed by atoms with Crippen molar-refractivity contribution >= 4 is 23.0 Å². The molecule has 20 heavy (non-hydrogen) atoms. The molecule has 4 nitrogen and oxygen atoms in total. The lowest BCUT2D eigenvalue weighted by molar-refractivity contribution is 0.914. The number of nitrogens with zero attached hydrogens (tertiary/aromatic N) is 2. The minimum Gasteiger partial charge on any atom is -0.373 e. The second kappa shape index (κ2) is 5.40. The van der Waals surface area contributed by atoms with Gasteiger partial charge in [0.25, 0.3) is 0 Å². The molecule has 2 aromatic heterocycles. The third-order valence-corrected chi connectivity index (χ3v) is 4.75. The van der Waals surface area contributed by atoms with E-state index in [9.17, 15) is 0 Å². The van der Waals surface area contributed by atoms with Crippen LogP contribution in [-0.2, 0) is 6.54 Å². The highest BCUT2D eigenvalue weighted by Crippen LogP contribution is 2.39. The van der Waals surface area contributed by atoms with E-state index in [1.165, 1.54) is 23.3 Å². The summed E-state index contributed by atoms with van der Waals surface area (Å²) < 4.78 is 0. The molecule has 2 heterocycles. The van der Waals surface area contributed by atoms with E-state index in [0.29, 0.717) is 5.92 Å². The van der Waals surface area contributed by atoms with Crippen LogP contribution >= 0.6 is 11.3 Å². The number of anilines is 2. The quantitative estimate of drug-likeness (QED) is 0.881. The molecule has 0 atom stereocenters. The number of aromatic nitrogens is 2. The monoisotopic (exact) mass is 288 g/mol. The average Bonchev–Trinajstić information content (AvgIpc) is 3.21. The van der Waals surface area contributed by atoms with Crippen molar-refractivity contribution < 1.29 is 0 Å². The van der Waals surface area contributed by atoms with Crippen molar-refractivity contribution in [3.05, 3.63) is 33.3 Å². The highest BCUT2D eigenvalue weighted by molar-refractivity contribution is 7.10. The fourth-order valence-corrected chi connectivity index (χ4v) is 3.07. The van der Waals surface area contributed by atoms with Crippen LogP contribution in [0.25, 0.3) is 0 Å². The maximum atomic E-state index is 4.71. The molecule has 0 amide bonds. The first kappa shape index (κ1) is 13.4. The van der Waals surface area contributed by atoms with Crippen LogP contribution < -0.4 is 10.6 Å². The first-order valence-electron chi connectivity index (χ1n) is 7.02. The van der Waals surface area contributed by atoms with Gasteiger partial charge in [-0.25, -0.2) is 9.97 Å². The third-order valence-electron chi connectivity index (χ3n) is 3.73. The van der Waals surface area contributed by atoms with Gasteiger partial charge < -0.3 is 10.6 Å². The van der Waals surface area contributed by atoms with Crippen LogP contribution in [0.4, 0.5) is 11.6 Å². The average molecular weight is 288 g/mol. The number of thiophene rings is 1. The Morgan fingerprint density at radius 2 is 2.00 bits per heavy atom. The van der Waals surface area contributed by atoms with Gasteiger partial charge in [-0.1, -0.05) is 0 Å². The van der Waals surface area contributed by atoms with Crippen LogP contribution in [-0.4, -0.2) is 17.0 Å². The van der Waals surface area contributed by atoms with Crippen molar-refractivity contribution in [1.82, 2.24) is 9.97 Å². The molecule has 2 N–H and O–H groups in total. The Morgan fingerprint density at radius 3 is 2.60 bits per heavy atom. The molecule has 0 unspecified atom stereocenters. The number of nitrogens with one attached hydrogen (secondary N) is 2. The van der Waals surface area contributed by atoms with Gasteiger partial charge in [0.05, 0.1) is 6.54 Å². The van der Waals surface area contributed by atoms with E-state index >= 15 is 0 Å². The normalized spacial score (nSPS) is 14.3. The van der Waals surface area contributed by atoms with Crippen LogP contribution in [0.1, 0.15) is 40.6 Å². The van der Waals surface area contributed by atoms with Gasteiger partial charge in [-0.3, -0.25) is 0 Å². The van der Waals surface area contributed by atoms with Crippen molar-refractivity contribution in [2.75, 3.05) is 17.7 Å². The van der Waals surface area contributed by atoms with Crippen molar-refractivity contribution in [2.24, 2.45) is 0 Å². The lowest BCUT2D eigenvalue weighted by Gasteiger charge is -2.13. The molecular formula is C15H20N4S. The second-order valence-corrected chi connectivity index (χ2v) is 6.31. The zero-order valence-corrected chi connectivity index (χ0v) is 13.0. The summed E-state index contributed by atoms with van der Waals surface area (Å²) in [6, 6.07) is 2.16. The van der Waals surface area contributed by atoms with Crippen LogP contribution in [0.15, 0.2) is 11.4 Å². The Labute approximate surface area is 123 Å². The summed E-state index contributed by atoms with van der Waals surface area (Å²) in [6.45, 7) is 5.04. The van der Waals surface area contributed by atoms with Gasteiger partial charge in [-0.05, 0) is 43.7 Å². The predicted molar refractivity (Wildman–Crippen MR) is 84.7 cm³/mol. The molecule has 1 saturated carbocycles. The molecule has 0 spiro atoms. The van der Waals surface area contributed by atoms with E-state index in [1.54, 1.807) is 11.3 Å². The van der Waals surface area contributed by atoms with E-state index in [1.807, 2.05) is 7.05 Å². The lowest BCUT2D eigenvalue weighted by atomic mass is 10.2. The summed E-state index contributed by atoms with van der Waals surface area (Å²) in [5.41, 5.74) is 2.43. The number of hydrogen-bond acceptors (Lipinski definition) is 5. The summed E-state index contributed by atoms with van der Waals surface area (Å²) in [5, 5.41) is 8.78. The maximum Gasteiger partial charge on any atom is 0.136 e. The molecule has 0 aromatic carbocycles. The Kier molecular flexibility index (Phi) is 3.61. The van der Waals surface area contributed by atoms with Crippen molar-refractivity contribution in [3.8, 4) is 0 Å². The second-order valence-electron chi connectivity index (χ2n) is 5.31. The summed E-state index contributed by atoms with van der Waals surface area (Å²) in [6.07, 6.45) is 2.44. The Bertz CT molecular complexity index is 616. The van der Waals surface area contributed by atoms with Gasteiger partial charge in [0.15, 0.2) is 0 Å². The molecule has 1 fully saturated rings. The van der Waals surface area contributed by atoms with E-state index in [4.69, 9.17) is 4.98 Å². The number of hydrogen-bond donors (Lipinski definition) is 2. The van der Waals surface area contributed by atoms with Crippen LogP contribution in [0.5, 0.6) is 0 Å². The summed E-state index contributed by atoms with van der Waals surface area (Å²) >= 11 is 1.79. The first-order valence-corrected chi connectivity index (χ1v) is 7.90. The summed E-state index contributed by atoms with van der Waals surface area (Å²) in [5.74, 6) is 3.43. The van der Waals surface area contributed by atoms with Gasteiger partial charge in [0.2, 0.25) is 0 Å². The summed E-state index contributed by atoms with van der Waals surface area (Å²) in [4.78, 5) is 10.7. The number of aryl methyl sites for hydroxylation is 1. The Morgan fingerprint density at radius 1 is 1.25 bits per heavy atom. The van der Waals surface area contributed by atoms with Crippen molar-refractivity contribution in [1.29, 1.82) is 0 Å². The molecule has 3 rings (SSSR count). The first-order chi connectivity index (χ1) is 9.69. The van der Waals surface area contributed by atoms with Gasteiger partial charge >= 0.3 is 0 Å². The van der Waals surface area contributed by atoms with Crippen LogP contribution in [0, 0.1) is 13.8 Å². The molecule has 106 valence electrons. The maximum absolute atomic E-state index is 4.71. The zero-order chi connectivity index (χ0) is 14.1. The number of rotatable bonds is 5. The Hall–Kier alpha value is -1.62. The summed E-state index contributed by atoms with van der Waals surface area (Å²) in [7, 11) is 1.92. The molecule has 0 radical (unpaired) electrons. The lowest BCUT2D eigenvalue weighted by Crippen LogP contribution is -2.09. The van der Waals surface area contributed by atoms with E-state index in [0.717, 1.165) is 29.6 Å². The molecule has 1 aliphatic carbocycles. The fourth-order valence-electron chi connectivity index (χ4n) is 2.22. The molecular weight excluding hydrogens is 268 g/mol. The SMILES string of the molecule is CNc1nc(C2CC2)nc(NCc2sccc2C)c1C. The molecule has 0 bridgehead atoms. The fraction of sp³-hybridized carbons (Fsp3) is 0.467. The molecule has 5 heteroatoms. The predicted octanol–water partition coefficient (Wildman–Crippen LogP) is 3.69. The standard InChI is InChI=1S/C15H20N4S/c1-9-6-7-20-12(9)8-17-14-10(2)13(16-3)18-15(19-14)11-4-5-11/h6-7,11H,4-5,8H2,1-3H3,(H2,16,17,18,19). The highest BCUT2D eigenvalue weighted by atomic mass is 32.1. The Balaban J connectivity index is 1.84. The van der Waals surface area contributed by atoms with E-state index < -0.39 is 0 Å². The van der Waals surface area contributed by atoms with Gasteiger partial charge in [0.1, 0.15) is 17.5 Å². The van der Waals surface area contributed by atoms with Gasteiger partial charge in [-0.15, -0.1) is 11.3 Å². The minimum atomic E-state index is 0.562. The molecule has 1 aliphatic rings. The topological polar surface area (TPSA) is 49.8 Å². The zero-order valence-electron chi connectivity index (χ0n) is 12.2. The van der Waals surface area contributed by atoms with Crippen LogP contribution in [0.2, 0.25) is 0 Å². The van der Waals surface area contributed by atoms with Crippen LogP contribution in [0.3, 0.4) is 0 Å². The van der Waals surface area contributed by atoms with Gasteiger partial charge in [-0.2, -0.15) is 0 Å². The van der Waals surface area contributed by atoms with Gasteiger partial charge in [0, 0.05) is 23.4 Å². The van der Waals surface area contributed by atoms with E-state index in [2.05, 4.69) is 40.9 Å². The van der Waals surface area contributed by atoms with Crippen molar-refractivity contribution in [3.63, 3.8) is 0 Å². The molecule has 0 aliphatic heterocycles. The third kappa shape index (κ3) is 2.63. The largest absolute Gasteiger partial charge is 0.373 e. The minimum absolute atomic E-state index is 0.562.